The molecule has 6 atom stereocenters. The second-order valence-electron chi connectivity index (χ2n) is 16.5. The van der Waals surface area contributed by atoms with E-state index in [1.54, 1.807) is 25.1 Å². The minimum atomic E-state index is -0.947. The van der Waals surface area contributed by atoms with Crippen molar-refractivity contribution in [3.05, 3.63) is 65.9 Å². The van der Waals surface area contributed by atoms with Gasteiger partial charge in [-0.05, 0) is 85.4 Å². The van der Waals surface area contributed by atoms with Crippen LogP contribution in [0.1, 0.15) is 82.7 Å². The smallest absolute Gasteiger partial charge is 0.407 e. The van der Waals surface area contributed by atoms with Crippen molar-refractivity contribution in [1.82, 2.24) is 35.1 Å². The summed E-state index contributed by atoms with van der Waals surface area (Å²) in [6.45, 7) is 9.36. The molecular formula is C44H53N7O7. The molecule has 3 aromatic carbocycles. The molecule has 0 aliphatic carbocycles. The fraction of sp³-hybridized carbons (Fsp3) is 0.477. The highest BCUT2D eigenvalue weighted by molar-refractivity contribution is 6.07. The van der Waals surface area contributed by atoms with Gasteiger partial charge in [-0.2, -0.15) is 0 Å². The molecular weight excluding hydrogens is 739 g/mol. The van der Waals surface area contributed by atoms with Crippen molar-refractivity contribution in [2.45, 2.75) is 90.3 Å². The van der Waals surface area contributed by atoms with E-state index in [1.807, 2.05) is 4.90 Å². The lowest BCUT2D eigenvalue weighted by atomic mass is 9.92. The van der Waals surface area contributed by atoms with Crippen LogP contribution in [0.25, 0.3) is 44.2 Å². The number of hydrogen-bond donors (Lipinski definition) is 3. The molecule has 2 fully saturated rings. The van der Waals surface area contributed by atoms with Gasteiger partial charge in [0.1, 0.15) is 30.0 Å². The van der Waals surface area contributed by atoms with Crippen molar-refractivity contribution in [3.63, 3.8) is 0 Å². The van der Waals surface area contributed by atoms with Gasteiger partial charge in [-0.25, -0.2) is 14.8 Å². The molecule has 3 aliphatic rings. The van der Waals surface area contributed by atoms with Crippen LogP contribution in [-0.2, 0) is 30.4 Å². The zero-order valence-electron chi connectivity index (χ0n) is 34.3. The summed E-state index contributed by atoms with van der Waals surface area (Å²) in [7, 11) is 4.41. The molecule has 5 heterocycles. The number of aromatic amines is 2. The van der Waals surface area contributed by atoms with Crippen molar-refractivity contribution < 1.29 is 33.3 Å². The molecule has 306 valence electrons. The third kappa shape index (κ3) is 7.28. The van der Waals surface area contributed by atoms with Crippen LogP contribution in [0.2, 0.25) is 0 Å². The first-order chi connectivity index (χ1) is 28.0. The zero-order valence-corrected chi connectivity index (χ0v) is 34.3. The summed E-state index contributed by atoms with van der Waals surface area (Å²) in [5, 5.41) is 4.72. The first-order valence-corrected chi connectivity index (χ1v) is 20.2. The summed E-state index contributed by atoms with van der Waals surface area (Å²) >= 11 is 0. The fourth-order valence-corrected chi connectivity index (χ4v) is 9.07. The number of nitrogens with zero attached hydrogens (tertiary/aromatic N) is 4. The normalized spacial score (nSPS) is 21.2. The zero-order chi connectivity index (χ0) is 40.8. The van der Waals surface area contributed by atoms with E-state index in [2.05, 4.69) is 78.5 Å². The highest BCUT2D eigenvalue weighted by Gasteiger charge is 2.42. The first-order valence-electron chi connectivity index (χ1n) is 20.2. The third-order valence-electron chi connectivity index (χ3n) is 12.1. The van der Waals surface area contributed by atoms with Gasteiger partial charge in [-0.3, -0.25) is 9.59 Å². The number of fused-ring (bicyclic) bond motifs is 6. The quantitative estimate of drug-likeness (QED) is 0.127. The molecule has 58 heavy (non-hydrogen) atoms. The number of H-pyrrole nitrogens is 2. The van der Waals surface area contributed by atoms with E-state index in [1.165, 1.54) is 14.2 Å². The minimum Gasteiger partial charge on any atom is -0.488 e. The Labute approximate surface area is 338 Å². The summed E-state index contributed by atoms with van der Waals surface area (Å²) in [6.07, 6.45) is 3.52. The molecule has 3 N–H and O–H groups in total. The van der Waals surface area contributed by atoms with E-state index >= 15 is 0 Å². The molecule has 14 heteroatoms. The first kappa shape index (κ1) is 39.4. The maximum atomic E-state index is 14.0. The van der Waals surface area contributed by atoms with Crippen molar-refractivity contribution in [1.29, 1.82) is 0 Å². The molecule has 2 saturated heterocycles. The number of carbonyl (C=O) groups excluding carboxylic acids is 3. The summed E-state index contributed by atoms with van der Waals surface area (Å²) in [5.74, 6) is 2.58. The number of methoxy groups -OCH3 is 3. The summed E-state index contributed by atoms with van der Waals surface area (Å²) in [4.78, 5) is 60.2. The molecule has 0 spiro atoms. The Morgan fingerprint density at radius 3 is 2.57 bits per heavy atom. The number of benzene rings is 3. The van der Waals surface area contributed by atoms with Gasteiger partial charge >= 0.3 is 6.09 Å². The van der Waals surface area contributed by atoms with Gasteiger partial charge in [0.25, 0.3) is 0 Å². The molecule has 5 aromatic rings. The topological polar surface area (TPSA) is 164 Å². The van der Waals surface area contributed by atoms with E-state index in [0.717, 1.165) is 74.2 Å². The maximum absolute atomic E-state index is 14.0. The van der Waals surface area contributed by atoms with Crippen molar-refractivity contribution in [2.75, 3.05) is 34.5 Å². The van der Waals surface area contributed by atoms with Gasteiger partial charge in [0.05, 0.1) is 54.8 Å². The van der Waals surface area contributed by atoms with Crippen LogP contribution in [0.4, 0.5) is 4.79 Å². The molecule has 3 amide bonds. The average Bonchev–Trinajstić information content (AvgIpc) is 4.04. The summed E-state index contributed by atoms with van der Waals surface area (Å²) in [6, 6.07) is 13.6. The highest BCUT2D eigenvalue weighted by atomic mass is 16.5. The minimum absolute atomic E-state index is 0.0656. The maximum Gasteiger partial charge on any atom is 0.407 e. The van der Waals surface area contributed by atoms with Crippen LogP contribution in [0.3, 0.4) is 0 Å². The van der Waals surface area contributed by atoms with Crippen LogP contribution in [0.15, 0.2) is 48.7 Å². The molecule has 3 aliphatic heterocycles. The average molecular weight is 792 g/mol. The number of amides is 3. The van der Waals surface area contributed by atoms with Crippen molar-refractivity contribution >= 4 is 39.7 Å². The van der Waals surface area contributed by atoms with E-state index in [9.17, 15) is 14.4 Å². The second kappa shape index (κ2) is 16.1. The van der Waals surface area contributed by atoms with Crippen molar-refractivity contribution in [2.24, 2.45) is 11.8 Å². The lowest BCUT2D eigenvalue weighted by molar-refractivity contribution is -0.138. The lowest BCUT2D eigenvalue weighted by Gasteiger charge is -2.30. The Morgan fingerprint density at radius 2 is 1.81 bits per heavy atom. The molecule has 8 rings (SSSR count). The second-order valence-corrected chi connectivity index (χ2v) is 16.5. The van der Waals surface area contributed by atoms with Gasteiger partial charge in [0, 0.05) is 50.1 Å². The summed E-state index contributed by atoms with van der Waals surface area (Å²) in [5.41, 5.74) is 6.75. The number of likely N-dealkylation sites (tertiary alicyclic amines) is 2. The van der Waals surface area contributed by atoms with Crippen LogP contribution in [0, 0.1) is 11.8 Å². The van der Waals surface area contributed by atoms with Gasteiger partial charge in [-0.1, -0.05) is 32.0 Å². The number of hydrogen-bond acceptors (Lipinski definition) is 9. The number of rotatable bonds is 11. The molecule has 0 saturated carbocycles. The summed E-state index contributed by atoms with van der Waals surface area (Å²) < 4.78 is 22.2. The largest absolute Gasteiger partial charge is 0.488 e. The standard InChI is InChI=1S/C44H53N7O7/c1-23(2)14-38(52)51-24(3)8-13-35(51)42-46-33-12-10-27-17-32-30-11-9-28(16-29(30)22-58-37(32)18-31(27)40(33)48-42)34-19-45-41(47-34)36-15-26(21-55-5)20-50(36)43(53)39(25(4)56-6)49-44(54)57-7/h9-12,16-19,23-26,35-36,39H,8,13-15,20-22H2,1-7H3,(H,45,47)(H,46,48)(H,49,54)/t24-,25-,26-,35-,36-,39-/m0/s1. The predicted octanol–water partition coefficient (Wildman–Crippen LogP) is 7.06. The van der Waals surface area contributed by atoms with E-state index in [0.29, 0.717) is 44.3 Å². The number of nitrogens with one attached hydrogen (secondary N) is 3. The lowest BCUT2D eigenvalue weighted by Crippen LogP contribution is -2.54. The van der Waals surface area contributed by atoms with Crippen LogP contribution < -0.4 is 10.1 Å². The molecule has 14 nitrogen and oxygen atoms in total. The Hall–Kier alpha value is -5.47. The van der Waals surface area contributed by atoms with Crippen molar-refractivity contribution in [3.8, 4) is 28.1 Å². The Morgan fingerprint density at radius 1 is 0.983 bits per heavy atom. The third-order valence-corrected chi connectivity index (χ3v) is 12.1. The van der Waals surface area contributed by atoms with Gasteiger partial charge in [-0.15, -0.1) is 0 Å². The Bertz CT molecular complexity index is 2350. The van der Waals surface area contributed by atoms with Gasteiger partial charge in [0.2, 0.25) is 11.8 Å². The molecule has 0 unspecified atom stereocenters. The molecule has 0 bridgehead atoms. The molecule has 0 radical (unpaired) electrons. The van der Waals surface area contributed by atoms with Crippen LogP contribution >= 0.6 is 0 Å². The molecule has 2 aromatic heterocycles. The number of aromatic nitrogens is 4. The number of carbonyl (C=O) groups is 3. The van der Waals surface area contributed by atoms with Gasteiger partial charge < -0.3 is 44.0 Å². The SMILES string of the molecule is COC[C@H]1C[C@@H](c2ncc(-c3ccc4c(c3)COc3cc5c(ccc6[nH]c([C@@H]7CC[C@H](C)N7C(=O)CC(C)C)nc65)cc3-4)[nH]2)N(C(=O)[C@@H](NC(=O)OC)[C@H](C)OC)C1. The number of alkyl carbamates (subject to hydrolysis) is 1. The monoisotopic (exact) mass is 791 g/mol. The van der Waals surface area contributed by atoms with E-state index < -0.39 is 18.2 Å². The van der Waals surface area contributed by atoms with Crippen LogP contribution in [0.5, 0.6) is 5.75 Å². The van der Waals surface area contributed by atoms with Crippen LogP contribution in [-0.4, -0.2) is 100 Å². The fourth-order valence-electron chi connectivity index (χ4n) is 9.07. The van der Waals surface area contributed by atoms with Gasteiger partial charge in [0.15, 0.2) is 0 Å². The Balaban J connectivity index is 1.06. The predicted molar refractivity (Wildman–Crippen MR) is 219 cm³/mol. The number of ether oxygens (including phenoxy) is 4. The Kier molecular flexibility index (Phi) is 10.9. The number of imidazole rings is 2. The van der Waals surface area contributed by atoms with E-state index in [4.69, 9.17) is 28.9 Å². The van der Waals surface area contributed by atoms with E-state index in [-0.39, 0.29) is 35.9 Å². The highest BCUT2D eigenvalue weighted by Crippen LogP contribution is 2.44.